The molecule has 1 atom stereocenters. The molecule has 1 fully saturated rings. The topological polar surface area (TPSA) is 29.3 Å². The van der Waals surface area contributed by atoms with Gasteiger partial charge in [-0.15, -0.1) is 0 Å². The molecule has 2 nitrogen and oxygen atoms in total. The van der Waals surface area contributed by atoms with Crippen molar-refractivity contribution in [2.45, 2.75) is 32.2 Å². The minimum Gasteiger partial charge on any atom is -0.399 e. The monoisotopic (exact) mass is 204 g/mol. The second kappa shape index (κ2) is 4.67. The van der Waals surface area contributed by atoms with E-state index in [1.54, 1.807) is 0 Å². The lowest BCUT2D eigenvalue weighted by molar-refractivity contribution is 0.239. The van der Waals surface area contributed by atoms with E-state index >= 15 is 0 Å². The van der Waals surface area contributed by atoms with Crippen molar-refractivity contribution in [3.8, 4) is 0 Å². The minimum atomic E-state index is 0.566. The summed E-state index contributed by atoms with van der Waals surface area (Å²) in [7, 11) is 0. The van der Waals surface area contributed by atoms with Crippen LogP contribution in [-0.2, 0) is 0 Å². The lowest BCUT2D eigenvalue weighted by Crippen LogP contribution is -2.25. The van der Waals surface area contributed by atoms with E-state index in [0.717, 1.165) is 5.69 Å². The van der Waals surface area contributed by atoms with Gasteiger partial charge in [-0.3, -0.25) is 4.90 Å². The Labute approximate surface area is 92.1 Å². The first-order valence-electron chi connectivity index (χ1n) is 5.90. The van der Waals surface area contributed by atoms with Crippen LogP contribution in [0.15, 0.2) is 24.3 Å². The van der Waals surface area contributed by atoms with Crippen molar-refractivity contribution in [3.05, 3.63) is 29.8 Å². The van der Waals surface area contributed by atoms with Crippen molar-refractivity contribution in [3.63, 3.8) is 0 Å². The Morgan fingerprint density at radius 3 is 2.67 bits per heavy atom. The van der Waals surface area contributed by atoms with E-state index in [1.807, 2.05) is 6.07 Å². The smallest absolute Gasteiger partial charge is 0.0346 e. The van der Waals surface area contributed by atoms with Gasteiger partial charge in [-0.2, -0.15) is 0 Å². The maximum Gasteiger partial charge on any atom is 0.0346 e. The second-order valence-electron chi connectivity index (χ2n) is 4.34. The van der Waals surface area contributed by atoms with Crippen molar-refractivity contribution in [2.75, 3.05) is 18.8 Å². The number of nitrogens with two attached hydrogens (primary N) is 1. The van der Waals surface area contributed by atoms with E-state index in [-0.39, 0.29) is 0 Å². The quantitative estimate of drug-likeness (QED) is 0.767. The van der Waals surface area contributed by atoms with E-state index in [4.69, 9.17) is 5.73 Å². The average molecular weight is 204 g/mol. The molecule has 2 rings (SSSR count). The predicted octanol–water partition coefficient (Wildman–Crippen LogP) is 2.82. The van der Waals surface area contributed by atoms with E-state index in [2.05, 4.69) is 30.0 Å². The normalized spacial score (nSPS) is 19.3. The van der Waals surface area contributed by atoms with E-state index in [0.29, 0.717) is 6.04 Å². The number of hydrogen-bond acceptors (Lipinski definition) is 2. The highest BCUT2D eigenvalue weighted by atomic mass is 15.2. The Morgan fingerprint density at radius 2 is 2.07 bits per heavy atom. The van der Waals surface area contributed by atoms with Crippen LogP contribution in [0.1, 0.15) is 37.8 Å². The second-order valence-corrected chi connectivity index (χ2v) is 4.34. The van der Waals surface area contributed by atoms with Gasteiger partial charge in [0.25, 0.3) is 0 Å². The van der Waals surface area contributed by atoms with Crippen LogP contribution in [0.2, 0.25) is 0 Å². The molecule has 0 radical (unpaired) electrons. The molecule has 2 heteroatoms. The molecule has 0 amide bonds. The van der Waals surface area contributed by atoms with Gasteiger partial charge in [-0.1, -0.05) is 19.1 Å². The summed E-state index contributed by atoms with van der Waals surface area (Å²) in [6.07, 6.45) is 3.86. The van der Waals surface area contributed by atoms with Gasteiger partial charge < -0.3 is 5.73 Å². The van der Waals surface area contributed by atoms with Crippen LogP contribution in [-0.4, -0.2) is 18.0 Å². The Bertz CT molecular complexity index is 316. The SMILES string of the molecule is CCC(c1cccc(N)c1)N1CCCC1. The summed E-state index contributed by atoms with van der Waals surface area (Å²) in [5.74, 6) is 0. The van der Waals surface area contributed by atoms with Crippen molar-refractivity contribution in [1.82, 2.24) is 4.90 Å². The fraction of sp³-hybridized carbons (Fsp3) is 0.538. The molecule has 0 aromatic heterocycles. The van der Waals surface area contributed by atoms with Crippen LogP contribution in [0.5, 0.6) is 0 Å². The molecule has 82 valence electrons. The molecule has 1 aliphatic rings. The van der Waals surface area contributed by atoms with Crippen LogP contribution in [0.3, 0.4) is 0 Å². The van der Waals surface area contributed by atoms with Gasteiger partial charge in [-0.05, 0) is 50.0 Å². The lowest BCUT2D eigenvalue weighted by atomic mass is 10.0. The van der Waals surface area contributed by atoms with Crippen LogP contribution in [0.4, 0.5) is 5.69 Å². The van der Waals surface area contributed by atoms with Gasteiger partial charge in [-0.25, -0.2) is 0 Å². The standard InChI is InChI=1S/C13H20N2/c1-2-13(15-8-3-4-9-15)11-6-5-7-12(14)10-11/h5-7,10,13H,2-4,8-9,14H2,1H3. The number of nitrogens with zero attached hydrogens (tertiary/aromatic N) is 1. The van der Waals surface area contributed by atoms with Crippen molar-refractivity contribution < 1.29 is 0 Å². The van der Waals surface area contributed by atoms with Crippen molar-refractivity contribution in [2.24, 2.45) is 0 Å². The molecule has 1 aromatic carbocycles. The predicted molar refractivity (Wildman–Crippen MR) is 64.7 cm³/mol. The Hall–Kier alpha value is -1.02. The molecule has 1 aliphatic heterocycles. The summed E-state index contributed by atoms with van der Waals surface area (Å²) in [5.41, 5.74) is 8.09. The van der Waals surface area contributed by atoms with Gasteiger partial charge in [0.15, 0.2) is 0 Å². The molecule has 0 saturated carbocycles. The Morgan fingerprint density at radius 1 is 1.33 bits per heavy atom. The summed E-state index contributed by atoms with van der Waals surface area (Å²) in [4.78, 5) is 2.58. The van der Waals surface area contributed by atoms with Crippen molar-refractivity contribution >= 4 is 5.69 Å². The van der Waals surface area contributed by atoms with Gasteiger partial charge in [0, 0.05) is 11.7 Å². The van der Waals surface area contributed by atoms with Gasteiger partial charge in [0.05, 0.1) is 0 Å². The van der Waals surface area contributed by atoms with E-state index in [9.17, 15) is 0 Å². The molecule has 1 heterocycles. The molecule has 1 saturated heterocycles. The molecule has 1 aromatic rings. The van der Waals surface area contributed by atoms with Gasteiger partial charge in [0.1, 0.15) is 0 Å². The van der Waals surface area contributed by atoms with E-state index in [1.165, 1.54) is 37.9 Å². The third-order valence-electron chi connectivity index (χ3n) is 3.26. The number of likely N-dealkylation sites (tertiary alicyclic amines) is 1. The molecular weight excluding hydrogens is 184 g/mol. The molecule has 2 N–H and O–H groups in total. The van der Waals surface area contributed by atoms with Crippen LogP contribution in [0, 0.1) is 0 Å². The highest BCUT2D eigenvalue weighted by Crippen LogP contribution is 2.28. The number of rotatable bonds is 3. The highest BCUT2D eigenvalue weighted by Gasteiger charge is 2.21. The summed E-state index contributed by atoms with van der Waals surface area (Å²) < 4.78 is 0. The number of hydrogen-bond donors (Lipinski definition) is 1. The van der Waals surface area contributed by atoms with Crippen LogP contribution < -0.4 is 5.73 Å². The zero-order valence-electron chi connectivity index (χ0n) is 9.45. The minimum absolute atomic E-state index is 0.566. The first-order chi connectivity index (χ1) is 7.31. The maximum atomic E-state index is 5.83. The Balaban J connectivity index is 2.18. The molecular formula is C13H20N2. The highest BCUT2D eigenvalue weighted by molar-refractivity contribution is 5.41. The first-order valence-corrected chi connectivity index (χ1v) is 5.90. The molecule has 15 heavy (non-hydrogen) atoms. The molecule has 0 bridgehead atoms. The third kappa shape index (κ3) is 2.32. The lowest BCUT2D eigenvalue weighted by Gasteiger charge is -2.27. The number of benzene rings is 1. The molecule has 0 spiro atoms. The third-order valence-corrected chi connectivity index (χ3v) is 3.26. The summed E-state index contributed by atoms with van der Waals surface area (Å²) in [6, 6.07) is 8.90. The fourth-order valence-electron chi connectivity index (χ4n) is 2.52. The maximum absolute atomic E-state index is 5.83. The van der Waals surface area contributed by atoms with Crippen molar-refractivity contribution in [1.29, 1.82) is 0 Å². The molecule has 0 aliphatic carbocycles. The largest absolute Gasteiger partial charge is 0.399 e. The van der Waals surface area contributed by atoms with Crippen LogP contribution in [0.25, 0.3) is 0 Å². The Kier molecular flexibility index (Phi) is 3.27. The average Bonchev–Trinajstić information content (AvgIpc) is 2.72. The number of nitrogen functional groups attached to an aromatic ring is 1. The summed E-state index contributed by atoms with van der Waals surface area (Å²) >= 11 is 0. The first kappa shape index (κ1) is 10.5. The van der Waals surface area contributed by atoms with Crippen LogP contribution >= 0.6 is 0 Å². The summed E-state index contributed by atoms with van der Waals surface area (Å²) in [5, 5.41) is 0. The molecule has 1 unspecified atom stereocenters. The zero-order valence-corrected chi connectivity index (χ0v) is 9.45. The zero-order chi connectivity index (χ0) is 10.7. The van der Waals surface area contributed by atoms with Gasteiger partial charge >= 0.3 is 0 Å². The number of anilines is 1. The fourth-order valence-corrected chi connectivity index (χ4v) is 2.52. The van der Waals surface area contributed by atoms with Gasteiger partial charge in [0.2, 0.25) is 0 Å². The summed E-state index contributed by atoms with van der Waals surface area (Å²) in [6.45, 7) is 4.74. The van der Waals surface area contributed by atoms with E-state index < -0.39 is 0 Å².